The van der Waals surface area contributed by atoms with E-state index in [4.69, 9.17) is 22.1 Å². The zero-order chi connectivity index (χ0) is 19.2. The van der Waals surface area contributed by atoms with Gasteiger partial charge < -0.3 is 15.8 Å². The molecule has 2 aromatic carbocycles. The van der Waals surface area contributed by atoms with E-state index >= 15 is 0 Å². The van der Waals surface area contributed by atoms with Gasteiger partial charge in [0, 0.05) is 10.7 Å². The minimum Gasteiger partial charge on any atom is -0.497 e. The fraction of sp³-hybridized carbons (Fsp3) is 0.167. The molecule has 0 fully saturated rings. The summed E-state index contributed by atoms with van der Waals surface area (Å²) < 4.78 is 7.02. The van der Waals surface area contributed by atoms with Gasteiger partial charge in [0.25, 0.3) is 0 Å². The standard InChI is InChI=1S/C18H18ClN5O2S/c1-26-15-7-5-13(6-8-15)21-10-17-22-23-18(27-11-16(20)25)24(17)14-4-2-3-12(19)9-14/h2-9,21H,10-11H2,1H3,(H2,20,25). The minimum absolute atomic E-state index is 0.116. The van der Waals surface area contributed by atoms with E-state index in [1.165, 1.54) is 11.8 Å². The summed E-state index contributed by atoms with van der Waals surface area (Å²) in [7, 11) is 1.63. The summed E-state index contributed by atoms with van der Waals surface area (Å²) in [6, 6.07) is 14.9. The first kappa shape index (κ1) is 19.1. The highest BCUT2D eigenvalue weighted by atomic mass is 35.5. The van der Waals surface area contributed by atoms with Crippen LogP contribution >= 0.6 is 23.4 Å². The second-order valence-electron chi connectivity index (χ2n) is 5.55. The van der Waals surface area contributed by atoms with Crippen LogP contribution in [0.15, 0.2) is 53.7 Å². The van der Waals surface area contributed by atoms with Gasteiger partial charge in [0.05, 0.1) is 25.1 Å². The SMILES string of the molecule is COc1ccc(NCc2nnc(SCC(N)=O)n2-c2cccc(Cl)c2)cc1. The van der Waals surface area contributed by atoms with Gasteiger partial charge in [-0.3, -0.25) is 9.36 Å². The lowest BCUT2D eigenvalue weighted by Crippen LogP contribution is -2.14. The summed E-state index contributed by atoms with van der Waals surface area (Å²) in [4.78, 5) is 11.1. The molecule has 0 radical (unpaired) electrons. The molecule has 3 aromatic rings. The van der Waals surface area contributed by atoms with Crippen LogP contribution in [0.2, 0.25) is 5.02 Å². The number of amides is 1. The first-order valence-corrected chi connectivity index (χ1v) is 9.42. The normalized spacial score (nSPS) is 10.6. The number of halogens is 1. The maximum Gasteiger partial charge on any atom is 0.227 e. The maximum atomic E-state index is 11.1. The van der Waals surface area contributed by atoms with Crippen LogP contribution in [0.25, 0.3) is 5.69 Å². The monoisotopic (exact) mass is 403 g/mol. The molecule has 9 heteroatoms. The third kappa shape index (κ3) is 4.93. The largest absolute Gasteiger partial charge is 0.497 e. The van der Waals surface area contributed by atoms with Crippen molar-refractivity contribution in [3.8, 4) is 11.4 Å². The fourth-order valence-electron chi connectivity index (χ4n) is 2.41. The molecule has 0 saturated heterocycles. The number of rotatable bonds is 8. The smallest absolute Gasteiger partial charge is 0.227 e. The molecule has 0 bridgehead atoms. The highest BCUT2D eigenvalue weighted by Crippen LogP contribution is 2.24. The Kier molecular flexibility index (Phi) is 6.20. The van der Waals surface area contributed by atoms with Crippen molar-refractivity contribution in [2.24, 2.45) is 5.73 Å². The van der Waals surface area contributed by atoms with Crippen LogP contribution in [0.3, 0.4) is 0 Å². The van der Waals surface area contributed by atoms with Gasteiger partial charge in [0.1, 0.15) is 5.75 Å². The molecule has 3 N–H and O–H groups in total. The molecule has 0 saturated carbocycles. The molecule has 7 nitrogen and oxygen atoms in total. The van der Waals surface area contributed by atoms with Crippen LogP contribution in [0.5, 0.6) is 5.75 Å². The van der Waals surface area contributed by atoms with E-state index in [0.717, 1.165) is 17.1 Å². The number of aromatic nitrogens is 3. The predicted octanol–water partition coefficient (Wildman–Crippen LogP) is 3.12. The van der Waals surface area contributed by atoms with Gasteiger partial charge in [-0.1, -0.05) is 29.4 Å². The van der Waals surface area contributed by atoms with E-state index in [-0.39, 0.29) is 5.75 Å². The predicted molar refractivity (Wildman–Crippen MR) is 107 cm³/mol. The molecule has 3 rings (SSSR count). The number of ether oxygens (including phenoxy) is 1. The van der Waals surface area contributed by atoms with Gasteiger partial charge in [-0.05, 0) is 42.5 Å². The lowest BCUT2D eigenvalue weighted by Gasteiger charge is -2.12. The van der Waals surface area contributed by atoms with Crippen molar-refractivity contribution in [2.75, 3.05) is 18.2 Å². The first-order chi connectivity index (χ1) is 13.1. The van der Waals surface area contributed by atoms with Crippen LogP contribution in [-0.4, -0.2) is 33.5 Å². The Labute approximate surface area is 165 Å². The van der Waals surface area contributed by atoms with Crippen LogP contribution in [0.1, 0.15) is 5.82 Å². The Morgan fingerprint density at radius 1 is 1.26 bits per heavy atom. The van der Waals surface area contributed by atoms with Crippen LogP contribution in [0.4, 0.5) is 5.69 Å². The molecule has 0 spiro atoms. The molecule has 1 aromatic heterocycles. The van der Waals surface area contributed by atoms with Gasteiger partial charge in [0.2, 0.25) is 5.91 Å². The molecule has 0 atom stereocenters. The number of nitrogens with one attached hydrogen (secondary N) is 1. The number of primary amides is 1. The fourth-order valence-corrected chi connectivity index (χ4v) is 3.30. The number of methoxy groups -OCH3 is 1. The number of carbonyl (C=O) groups is 1. The zero-order valence-electron chi connectivity index (χ0n) is 14.6. The lowest BCUT2D eigenvalue weighted by molar-refractivity contribution is -0.115. The number of hydrogen-bond donors (Lipinski definition) is 2. The van der Waals surface area contributed by atoms with Crippen molar-refractivity contribution in [3.63, 3.8) is 0 Å². The molecule has 1 amide bonds. The summed E-state index contributed by atoms with van der Waals surface area (Å²) in [5.41, 5.74) is 6.99. The van der Waals surface area contributed by atoms with Crippen molar-refractivity contribution < 1.29 is 9.53 Å². The number of thioether (sulfide) groups is 1. The van der Waals surface area contributed by atoms with Gasteiger partial charge in [-0.25, -0.2) is 0 Å². The topological polar surface area (TPSA) is 95.1 Å². The number of benzene rings is 2. The van der Waals surface area contributed by atoms with Gasteiger partial charge in [-0.2, -0.15) is 0 Å². The van der Waals surface area contributed by atoms with Crippen molar-refractivity contribution in [1.29, 1.82) is 0 Å². The van der Waals surface area contributed by atoms with Gasteiger partial charge in [-0.15, -0.1) is 10.2 Å². The Bertz CT molecular complexity index is 930. The Hall–Kier alpha value is -2.71. The second kappa shape index (κ2) is 8.79. The summed E-state index contributed by atoms with van der Waals surface area (Å²) in [5.74, 6) is 1.16. The summed E-state index contributed by atoms with van der Waals surface area (Å²) in [5, 5.41) is 12.9. The van der Waals surface area contributed by atoms with Crippen LogP contribution in [-0.2, 0) is 11.3 Å². The molecular formula is C18H18ClN5O2S. The summed E-state index contributed by atoms with van der Waals surface area (Å²) >= 11 is 7.36. The number of nitrogens with two attached hydrogens (primary N) is 1. The Morgan fingerprint density at radius 2 is 2.04 bits per heavy atom. The van der Waals surface area contributed by atoms with Crippen molar-refractivity contribution >= 4 is 35.0 Å². The summed E-state index contributed by atoms with van der Waals surface area (Å²) in [6.07, 6.45) is 0. The molecule has 0 aliphatic heterocycles. The second-order valence-corrected chi connectivity index (χ2v) is 6.93. The Morgan fingerprint density at radius 3 is 2.70 bits per heavy atom. The molecule has 0 unspecified atom stereocenters. The lowest BCUT2D eigenvalue weighted by atomic mass is 10.3. The number of carbonyl (C=O) groups excluding carboxylic acids is 1. The third-order valence-electron chi connectivity index (χ3n) is 3.65. The summed E-state index contributed by atoms with van der Waals surface area (Å²) in [6.45, 7) is 0.434. The first-order valence-electron chi connectivity index (χ1n) is 8.06. The van der Waals surface area contributed by atoms with Gasteiger partial charge in [0.15, 0.2) is 11.0 Å². The van der Waals surface area contributed by atoms with Crippen LogP contribution in [0, 0.1) is 0 Å². The van der Waals surface area contributed by atoms with E-state index in [2.05, 4.69) is 15.5 Å². The van der Waals surface area contributed by atoms with E-state index in [9.17, 15) is 4.79 Å². The maximum absolute atomic E-state index is 11.1. The highest BCUT2D eigenvalue weighted by molar-refractivity contribution is 7.99. The quantitative estimate of drug-likeness (QED) is 0.561. The highest BCUT2D eigenvalue weighted by Gasteiger charge is 2.15. The van der Waals surface area contributed by atoms with Crippen molar-refractivity contribution in [3.05, 3.63) is 59.4 Å². The number of anilines is 1. The van der Waals surface area contributed by atoms with E-state index in [0.29, 0.717) is 22.5 Å². The van der Waals surface area contributed by atoms with E-state index < -0.39 is 5.91 Å². The van der Waals surface area contributed by atoms with Crippen LogP contribution < -0.4 is 15.8 Å². The number of hydrogen-bond acceptors (Lipinski definition) is 6. The molecule has 140 valence electrons. The van der Waals surface area contributed by atoms with E-state index in [1.807, 2.05) is 47.0 Å². The average Bonchev–Trinajstić information content (AvgIpc) is 3.08. The molecule has 27 heavy (non-hydrogen) atoms. The molecule has 0 aliphatic rings. The number of nitrogens with zero attached hydrogens (tertiary/aromatic N) is 3. The molecule has 0 aliphatic carbocycles. The molecule has 1 heterocycles. The zero-order valence-corrected chi connectivity index (χ0v) is 16.1. The average molecular weight is 404 g/mol. The van der Waals surface area contributed by atoms with Gasteiger partial charge >= 0.3 is 0 Å². The molecular weight excluding hydrogens is 386 g/mol. The van der Waals surface area contributed by atoms with Crippen molar-refractivity contribution in [2.45, 2.75) is 11.7 Å². The minimum atomic E-state index is -0.418. The van der Waals surface area contributed by atoms with Crippen molar-refractivity contribution in [1.82, 2.24) is 14.8 Å². The van der Waals surface area contributed by atoms with E-state index in [1.54, 1.807) is 13.2 Å². The Balaban J connectivity index is 1.85. The third-order valence-corrected chi connectivity index (χ3v) is 4.84.